The summed E-state index contributed by atoms with van der Waals surface area (Å²) in [6, 6.07) is 11.4. The molecule has 0 unspecified atom stereocenters. The number of nitrogens with zero attached hydrogens (tertiary/aromatic N) is 3. The first-order valence-electron chi connectivity index (χ1n) is 8.70. The van der Waals surface area contributed by atoms with E-state index in [1.807, 2.05) is 18.2 Å². The Kier molecular flexibility index (Phi) is 4.53. The molecule has 6 nitrogen and oxygen atoms in total. The largest absolute Gasteiger partial charge is 0.467 e. The molecule has 1 aromatic carbocycles. The van der Waals surface area contributed by atoms with Gasteiger partial charge >= 0.3 is 0 Å². The van der Waals surface area contributed by atoms with Crippen LogP contribution in [-0.2, 0) is 6.54 Å². The molecule has 4 aromatic rings. The van der Waals surface area contributed by atoms with E-state index in [0.29, 0.717) is 22.5 Å². The molecule has 0 radical (unpaired) electrons. The quantitative estimate of drug-likeness (QED) is 0.478. The zero-order valence-electron chi connectivity index (χ0n) is 15.3. The van der Waals surface area contributed by atoms with Gasteiger partial charge in [0.15, 0.2) is 5.13 Å². The van der Waals surface area contributed by atoms with Crippen molar-refractivity contribution in [2.75, 3.05) is 4.90 Å². The number of amides is 1. The highest BCUT2D eigenvalue weighted by Gasteiger charge is 2.26. The molecule has 0 aliphatic rings. The number of furan rings is 1. The maximum Gasteiger partial charge on any atom is 0.299 e. The Bertz CT molecular complexity index is 1080. The summed E-state index contributed by atoms with van der Waals surface area (Å²) in [7, 11) is 0. The molecule has 0 fully saturated rings. The first-order chi connectivity index (χ1) is 13.0. The Morgan fingerprint density at radius 2 is 2.11 bits per heavy atom. The normalized spacial score (nSPS) is 11.4. The predicted molar refractivity (Wildman–Crippen MR) is 104 cm³/mol. The highest BCUT2D eigenvalue weighted by molar-refractivity contribution is 7.22. The molecule has 7 heteroatoms. The number of para-hydroxylation sites is 1. The summed E-state index contributed by atoms with van der Waals surface area (Å²) in [6.07, 6.45) is 1.59. The third-order valence-corrected chi connectivity index (χ3v) is 5.31. The lowest BCUT2D eigenvalue weighted by Gasteiger charge is -2.16. The molecule has 0 aliphatic carbocycles. The van der Waals surface area contributed by atoms with Gasteiger partial charge in [0, 0.05) is 6.07 Å². The average molecular weight is 381 g/mol. The van der Waals surface area contributed by atoms with E-state index in [-0.39, 0.29) is 18.2 Å². The van der Waals surface area contributed by atoms with Gasteiger partial charge in [0.1, 0.15) is 5.76 Å². The molecular formula is C20H19N3O3S. The third-order valence-electron chi connectivity index (χ3n) is 4.27. The van der Waals surface area contributed by atoms with Crippen molar-refractivity contribution in [1.29, 1.82) is 0 Å². The second kappa shape index (κ2) is 7.00. The molecule has 0 bridgehead atoms. The number of carbonyl (C=O) groups excluding carboxylic acids is 1. The molecule has 4 rings (SSSR count). The van der Waals surface area contributed by atoms with Crippen molar-refractivity contribution < 1.29 is 13.7 Å². The van der Waals surface area contributed by atoms with Crippen molar-refractivity contribution in [1.82, 2.24) is 10.1 Å². The van der Waals surface area contributed by atoms with Gasteiger partial charge in [-0.3, -0.25) is 9.69 Å². The van der Waals surface area contributed by atoms with Crippen molar-refractivity contribution in [2.45, 2.75) is 33.2 Å². The van der Waals surface area contributed by atoms with Gasteiger partial charge in [-0.15, -0.1) is 0 Å². The monoisotopic (exact) mass is 381 g/mol. The molecule has 0 saturated carbocycles. The average Bonchev–Trinajstić information content (AvgIpc) is 3.38. The zero-order chi connectivity index (χ0) is 19.0. The van der Waals surface area contributed by atoms with Gasteiger partial charge in [-0.05, 0) is 36.6 Å². The van der Waals surface area contributed by atoms with Crippen LogP contribution in [0.25, 0.3) is 10.2 Å². The second-order valence-corrected chi connectivity index (χ2v) is 7.66. The first kappa shape index (κ1) is 17.5. The molecule has 3 heterocycles. The second-order valence-electron chi connectivity index (χ2n) is 6.65. The van der Waals surface area contributed by atoms with Crippen LogP contribution in [0.5, 0.6) is 0 Å². The molecule has 0 atom stereocenters. The van der Waals surface area contributed by atoms with E-state index in [0.717, 1.165) is 15.8 Å². The number of hydrogen-bond donors (Lipinski definition) is 0. The highest BCUT2D eigenvalue weighted by Crippen LogP contribution is 2.34. The molecule has 138 valence electrons. The summed E-state index contributed by atoms with van der Waals surface area (Å²) < 4.78 is 11.7. The van der Waals surface area contributed by atoms with Crippen molar-refractivity contribution in [3.05, 3.63) is 65.4 Å². The minimum atomic E-state index is -0.294. The number of anilines is 1. The number of rotatable bonds is 5. The Morgan fingerprint density at radius 1 is 1.26 bits per heavy atom. The van der Waals surface area contributed by atoms with Gasteiger partial charge in [0.25, 0.3) is 5.91 Å². The van der Waals surface area contributed by atoms with Crippen LogP contribution in [0.1, 0.15) is 47.3 Å². The highest BCUT2D eigenvalue weighted by atomic mass is 32.1. The topological polar surface area (TPSA) is 72.4 Å². The van der Waals surface area contributed by atoms with Crippen LogP contribution in [0, 0.1) is 6.92 Å². The maximum absolute atomic E-state index is 13.1. The van der Waals surface area contributed by atoms with Crippen LogP contribution in [0.4, 0.5) is 5.13 Å². The van der Waals surface area contributed by atoms with Crippen LogP contribution < -0.4 is 4.90 Å². The molecule has 0 saturated heterocycles. The summed E-state index contributed by atoms with van der Waals surface area (Å²) >= 11 is 1.48. The predicted octanol–water partition coefficient (Wildman–Crippen LogP) is 5.16. The number of aryl methyl sites for hydroxylation is 1. The number of benzene rings is 1. The molecule has 27 heavy (non-hydrogen) atoms. The van der Waals surface area contributed by atoms with Crippen LogP contribution in [0.2, 0.25) is 0 Å². The van der Waals surface area contributed by atoms with Gasteiger partial charge in [-0.2, -0.15) is 0 Å². The van der Waals surface area contributed by atoms with Crippen LogP contribution in [-0.4, -0.2) is 16.0 Å². The fourth-order valence-electron chi connectivity index (χ4n) is 2.92. The fraction of sp³-hybridized carbons (Fsp3) is 0.250. The van der Waals surface area contributed by atoms with E-state index in [1.165, 1.54) is 11.3 Å². The SMILES string of the molecule is Cc1cc(C(=O)N(Cc2ccco2)c2nc3c(C(C)C)cccc3s2)on1. The van der Waals surface area contributed by atoms with E-state index in [9.17, 15) is 4.79 Å². The summed E-state index contributed by atoms with van der Waals surface area (Å²) in [5.74, 6) is 0.900. The van der Waals surface area contributed by atoms with E-state index in [2.05, 4.69) is 25.1 Å². The number of carbonyl (C=O) groups is 1. The molecule has 0 N–H and O–H groups in total. The zero-order valence-corrected chi connectivity index (χ0v) is 16.1. The Morgan fingerprint density at radius 3 is 2.78 bits per heavy atom. The van der Waals surface area contributed by atoms with E-state index in [1.54, 1.807) is 30.2 Å². The lowest BCUT2D eigenvalue weighted by molar-refractivity contribution is 0.0947. The molecule has 0 spiro atoms. The Hall–Kier alpha value is -2.93. The van der Waals surface area contributed by atoms with Crippen molar-refractivity contribution in [3.63, 3.8) is 0 Å². The maximum atomic E-state index is 13.1. The van der Waals surface area contributed by atoms with E-state index < -0.39 is 0 Å². The van der Waals surface area contributed by atoms with Crippen molar-refractivity contribution in [3.8, 4) is 0 Å². The number of thiazole rings is 1. The fourth-order valence-corrected chi connectivity index (χ4v) is 3.92. The van der Waals surface area contributed by atoms with Gasteiger partial charge in [-0.25, -0.2) is 4.98 Å². The Balaban J connectivity index is 1.79. The van der Waals surface area contributed by atoms with Crippen molar-refractivity contribution >= 4 is 32.6 Å². The molecule has 0 aliphatic heterocycles. The Labute approximate surface area is 160 Å². The first-order valence-corrected chi connectivity index (χ1v) is 9.51. The van der Waals surface area contributed by atoms with Gasteiger partial charge in [0.05, 0.1) is 28.7 Å². The molecule has 1 amide bonds. The van der Waals surface area contributed by atoms with Gasteiger partial charge in [-0.1, -0.05) is 42.5 Å². The van der Waals surface area contributed by atoms with Crippen LogP contribution in [0.3, 0.4) is 0 Å². The van der Waals surface area contributed by atoms with Crippen LogP contribution >= 0.6 is 11.3 Å². The van der Waals surface area contributed by atoms with Gasteiger partial charge < -0.3 is 8.94 Å². The molecular weight excluding hydrogens is 362 g/mol. The number of fused-ring (bicyclic) bond motifs is 1. The third kappa shape index (κ3) is 3.38. The summed E-state index contributed by atoms with van der Waals surface area (Å²) in [5.41, 5.74) is 2.75. The number of hydrogen-bond acceptors (Lipinski definition) is 6. The smallest absolute Gasteiger partial charge is 0.299 e. The number of aromatic nitrogens is 2. The lowest BCUT2D eigenvalue weighted by atomic mass is 10.0. The van der Waals surface area contributed by atoms with Gasteiger partial charge in [0.2, 0.25) is 5.76 Å². The molecule has 3 aromatic heterocycles. The summed E-state index contributed by atoms with van der Waals surface area (Å²) in [6.45, 7) is 6.32. The van der Waals surface area contributed by atoms with E-state index in [4.69, 9.17) is 13.9 Å². The standard InChI is InChI=1S/C20H19N3O3S/c1-12(2)15-7-4-8-17-18(15)21-20(27-17)23(11-14-6-5-9-25-14)19(24)16-10-13(3)22-26-16/h4-10,12H,11H2,1-3H3. The summed E-state index contributed by atoms with van der Waals surface area (Å²) in [5, 5.41) is 4.43. The lowest BCUT2D eigenvalue weighted by Crippen LogP contribution is -2.29. The van der Waals surface area contributed by atoms with Crippen molar-refractivity contribution in [2.24, 2.45) is 0 Å². The van der Waals surface area contributed by atoms with E-state index >= 15 is 0 Å². The minimum absolute atomic E-state index is 0.183. The minimum Gasteiger partial charge on any atom is -0.467 e. The summed E-state index contributed by atoms with van der Waals surface area (Å²) in [4.78, 5) is 19.5. The van der Waals surface area contributed by atoms with Crippen LogP contribution in [0.15, 0.2) is 51.6 Å².